The van der Waals surface area contributed by atoms with Gasteiger partial charge in [-0.3, -0.25) is 4.79 Å². The average Bonchev–Trinajstić information content (AvgIpc) is 2.68. The van der Waals surface area contributed by atoms with Gasteiger partial charge in [-0.05, 0) is 35.9 Å². The average molecular weight is 347 g/mol. The molecule has 0 spiro atoms. The lowest BCUT2D eigenvalue weighted by Crippen LogP contribution is -2.14. The number of carbonyl (C=O) groups excluding carboxylic acids is 1. The Morgan fingerprint density at radius 2 is 1.62 bits per heavy atom. The molecular formula is C21H17NO4. The number of anilines is 1. The van der Waals surface area contributed by atoms with E-state index in [9.17, 15) is 14.7 Å². The molecule has 1 amide bonds. The van der Waals surface area contributed by atoms with Gasteiger partial charge in [0.05, 0.1) is 18.4 Å². The second-order valence-corrected chi connectivity index (χ2v) is 5.59. The summed E-state index contributed by atoms with van der Waals surface area (Å²) in [6.45, 7) is 0. The van der Waals surface area contributed by atoms with Gasteiger partial charge >= 0.3 is 5.97 Å². The van der Waals surface area contributed by atoms with E-state index in [1.165, 1.54) is 6.07 Å². The topological polar surface area (TPSA) is 75.6 Å². The van der Waals surface area contributed by atoms with Gasteiger partial charge < -0.3 is 15.2 Å². The molecular weight excluding hydrogens is 330 g/mol. The van der Waals surface area contributed by atoms with Crippen LogP contribution in [0.5, 0.6) is 5.75 Å². The van der Waals surface area contributed by atoms with Gasteiger partial charge in [0.15, 0.2) is 0 Å². The molecule has 3 rings (SSSR count). The van der Waals surface area contributed by atoms with Gasteiger partial charge in [0.1, 0.15) is 5.75 Å². The SMILES string of the molecule is COc1ccccc1-c1ccc(C(=O)O)c(NC(=O)c2ccccc2)c1. The molecule has 3 aromatic carbocycles. The number of benzene rings is 3. The van der Waals surface area contributed by atoms with Crippen molar-refractivity contribution in [3.05, 3.63) is 83.9 Å². The van der Waals surface area contributed by atoms with Crippen LogP contribution >= 0.6 is 0 Å². The lowest BCUT2D eigenvalue weighted by Gasteiger charge is -2.13. The van der Waals surface area contributed by atoms with Crippen molar-refractivity contribution < 1.29 is 19.4 Å². The van der Waals surface area contributed by atoms with Gasteiger partial charge in [0, 0.05) is 11.1 Å². The summed E-state index contributed by atoms with van der Waals surface area (Å²) in [6, 6.07) is 20.9. The van der Waals surface area contributed by atoms with E-state index in [0.717, 1.165) is 11.1 Å². The number of methoxy groups -OCH3 is 1. The second kappa shape index (κ2) is 7.53. The van der Waals surface area contributed by atoms with Crippen molar-refractivity contribution in [2.45, 2.75) is 0 Å². The van der Waals surface area contributed by atoms with Crippen LogP contribution in [-0.2, 0) is 0 Å². The number of carbonyl (C=O) groups is 2. The van der Waals surface area contributed by atoms with E-state index >= 15 is 0 Å². The highest BCUT2D eigenvalue weighted by molar-refractivity contribution is 6.08. The quantitative estimate of drug-likeness (QED) is 0.721. The lowest BCUT2D eigenvalue weighted by atomic mass is 10.0. The molecule has 130 valence electrons. The highest BCUT2D eigenvalue weighted by Crippen LogP contribution is 2.32. The summed E-state index contributed by atoms with van der Waals surface area (Å²) in [5.41, 5.74) is 2.26. The van der Waals surface area contributed by atoms with Crippen LogP contribution in [0.25, 0.3) is 11.1 Å². The highest BCUT2D eigenvalue weighted by Gasteiger charge is 2.16. The molecule has 0 aliphatic heterocycles. The van der Waals surface area contributed by atoms with Crippen LogP contribution in [0, 0.1) is 0 Å². The first-order valence-electron chi connectivity index (χ1n) is 7.97. The van der Waals surface area contributed by atoms with Crippen LogP contribution < -0.4 is 10.1 Å². The van der Waals surface area contributed by atoms with Crippen molar-refractivity contribution in [3.8, 4) is 16.9 Å². The molecule has 0 bridgehead atoms. The van der Waals surface area contributed by atoms with Crippen molar-refractivity contribution in [2.75, 3.05) is 12.4 Å². The number of aromatic carboxylic acids is 1. The number of ether oxygens (including phenoxy) is 1. The zero-order valence-corrected chi connectivity index (χ0v) is 14.1. The van der Waals surface area contributed by atoms with Crippen molar-refractivity contribution >= 4 is 17.6 Å². The first kappa shape index (κ1) is 17.2. The Bertz CT molecular complexity index is 951. The Morgan fingerprint density at radius 3 is 2.31 bits per heavy atom. The molecule has 0 heterocycles. The minimum Gasteiger partial charge on any atom is -0.496 e. The van der Waals surface area contributed by atoms with Gasteiger partial charge in [-0.25, -0.2) is 4.79 Å². The van der Waals surface area contributed by atoms with Crippen LogP contribution in [0.15, 0.2) is 72.8 Å². The molecule has 5 heteroatoms. The third-order valence-electron chi connectivity index (χ3n) is 3.95. The number of amides is 1. The van der Waals surface area contributed by atoms with Crippen LogP contribution in [-0.4, -0.2) is 24.1 Å². The Morgan fingerprint density at radius 1 is 0.923 bits per heavy atom. The monoisotopic (exact) mass is 347 g/mol. The Labute approximate surface area is 150 Å². The van der Waals surface area contributed by atoms with E-state index in [0.29, 0.717) is 11.3 Å². The van der Waals surface area contributed by atoms with Gasteiger partial charge in [0.25, 0.3) is 5.91 Å². The van der Waals surface area contributed by atoms with Crippen LogP contribution in [0.3, 0.4) is 0 Å². The number of para-hydroxylation sites is 1. The standard InChI is InChI=1S/C21H17NO4/c1-26-19-10-6-5-9-16(19)15-11-12-17(21(24)25)18(13-15)22-20(23)14-7-3-2-4-8-14/h2-13H,1H3,(H,22,23)(H,24,25). The number of rotatable bonds is 5. The van der Waals surface area contributed by atoms with Gasteiger partial charge in [-0.1, -0.05) is 42.5 Å². The third kappa shape index (κ3) is 3.57. The fraction of sp³-hybridized carbons (Fsp3) is 0.0476. The summed E-state index contributed by atoms with van der Waals surface area (Å²) in [6.07, 6.45) is 0. The normalized spacial score (nSPS) is 10.2. The van der Waals surface area contributed by atoms with E-state index in [2.05, 4.69) is 5.32 Å². The van der Waals surface area contributed by atoms with Gasteiger partial charge in [-0.2, -0.15) is 0 Å². The first-order valence-corrected chi connectivity index (χ1v) is 7.97. The van der Waals surface area contributed by atoms with Crippen LogP contribution in [0.1, 0.15) is 20.7 Å². The summed E-state index contributed by atoms with van der Waals surface area (Å²) in [5, 5.41) is 12.1. The van der Waals surface area contributed by atoms with Gasteiger partial charge in [-0.15, -0.1) is 0 Å². The number of carboxylic acid groups (broad SMARTS) is 1. The Kier molecular flexibility index (Phi) is 4.99. The minimum atomic E-state index is -1.11. The summed E-state index contributed by atoms with van der Waals surface area (Å²) in [4.78, 5) is 24.0. The zero-order valence-electron chi connectivity index (χ0n) is 14.1. The number of carboxylic acids is 1. The molecule has 26 heavy (non-hydrogen) atoms. The molecule has 5 nitrogen and oxygen atoms in total. The molecule has 0 aliphatic rings. The second-order valence-electron chi connectivity index (χ2n) is 5.59. The van der Waals surface area contributed by atoms with Crippen LogP contribution in [0.2, 0.25) is 0 Å². The summed E-state index contributed by atoms with van der Waals surface area (Å²) < 4.78 is 5.36. The molecule has 0 saturated heterocycles. The molecule has 0 aliphatic carbocycles. The fourth-order valence-corrected chi connectivity index (χ4v) is 2.67. The molecule has 0 unspecified atom stereocenters. The van der Waals surface area contributed by atoms with Crippen molar-refractivity contribution in [2.24, 2.45) is 0 Å². The predicted octanol–water partition coefficient (Wildman–Crippen LogP) is 4.31. The van der Waals surface area contributed by atoms with Gasteiger partial charge in [0.2, 0.25) is 0 Å². The fourth-order valence-electron chi connectivity index (χ4n) is 2.67. The molecule has 2 N–H and O–H groups in total. The molecule has 0 fully saturated rings. The zero-order chi connectivity index (χ0) is 18.5. The number of hydrogen-bond donors (Lipinski definition) is 2. The number of nitrogens with one attached hydrogen (secondary N) is 1. The van der Waals surface area contributed by atoms with E-state index < -0.39 is 5.97 Å². The smallest absolute Gasteiger partial charge is 0.337 e. The van der Waals surface area contributed by atoms with E-state index in [4.69, 9.17) is 4.74 Å². The summed E-state index contributed by atoms with van der Waals surface area (Å²) in [7, 11) is 1.57. The van der Waals surface area contributed by atoms with Crippen molar-refractivity contribution in [1.29, 1.82) is 0 Å². The summed E-state index contributed by atoms with van der Waals surface area (Å²) in [5.74, 6) is -0.818. The Hall–Kier alpha value is -3.60. The minimum absolute atomic E-state index is 0.0212. The maximum Gasteiger partial charge on any atom is 0.337 e. The largest absolute Gasteiger partial charge is 0.496 e. The predicted molar refractivity (Wildman–Crippen MR) is 99.8 cm³/mol. The highest BCUT2D eigenvalue weighted by atomic mass is 16.5. The van der Waals surface area contributed by atoms with Crippen LogP contribution in [0.4, 0.5) is 5.69 Å². The molecule has 0 aromatic heterocycles. The van der Waals surface area contributed by atoms with Crippen molar-refractivity contribution in [1.82, 2.24) is 0 Å². The molecule has 0 saturated carbocycles. The molecule has 3 aromatic rings. The molecule has 0 atom stereocenters. The Balaban J connectivity index is 2.02. The van der Waals surface area contributed by atoms with E-state index in [-0.39, 0.29) is 17.2 Å². The number of hydrogen-bond acceptors (Lipinski definition) is 3. The van der Waals surface area contributed by atoms with Crippen molar-refractivity contribution in [3.63, 3.8) is 0 Å². The first-order chi connectivity index (χ1) is 12.6. The van der Waals surface area contributed by atoms with E-state index in [1.807, 2.05) is 30.3 Å². The third-order valence-corrected chi connectivity index (χ3v) is 3.95. The van der Waals surface area contributed by atoms with E-state index in [1.54, 1.807) is 43.5 Å². The maximum absolute atomic E-state index is 12.4. The lowest BCUT2D eigenvalue weighted by molar-refractivity contribution is 0.0698. The summed E-state index contributed by atoms with van der Waals surface area (Å²) >= 11 is 0. The maximum atomic E-state index is 12.4. The molecule has 0 radical (unpaired) electrons.